The fraction of sp³-hybridized carbons (Fsp3) is 0.400. The van der Waals surface area contributed by atoms with Crippen LogP contribution in [-0.2, 0) is 13.2 Å². The number of rotatable bonds is 6. The molecule has 0 bridgehead atoms. The zero-order chi connectivity index (χ0) is 16.8. The average molecular weight is 348 g/mol. The first-order valence-corrected chi connectivity index (χ1v) is 8.98. The van der Waals surface area contributed by atoms with Gasteiger partial charge in [0.2, 0.25) is 0 Å². The predicted octanol–water partition coefficient (Wildman–Crippen LogP) is 5.48. The number of benzene rings is 2. The van der Waals surface area contributed by atoms with Gasteiger partial charge in [0.25, 0.3) is 0 Å². The normalized spacial score (nSPS) is 15.4. The number of halogens is 2. The molecule has 0 aliphatic heterocycles. The second-order valence-electron chi connectivity index (χ2n) is 6.35. The molecule has 0 heterocycles. The Labute approximate surface area is 148 Å². The zero-order valence-corrected chi connectivity index (χ0v) is 14.5. The molecule has 1 N–H and O–H groups in total. The van der Waals surface area contributed by atoms with Crippen LogP contribution in [0, 0.1) is 5.82 Å². The predicted molar refractivity (Wildman–Crippen MR) is 95.9 cm³/mol. The molecule has 0 unspecified atom stereocenters. The quantitative estimate of drug-likeness (QED) is 0.747. The van der Waals surface area contributed by atoms with Crippen LogP contribution in [-0.4, -0.2) is 6.04 Å². The summed E-state index contributed by atoms with van der Waals surface area (Å²) in [4.78, 5) is 0. The molecule has 0 amide bonds. The van der Waals surface area contributed by atoms with E-state index < -0.39 is 0 Å². The first-order valence-electron chi connectivity index (χ1n) is 8.60. The largest absolute Gasteiger partial charge is 0.489 e. The van der Waals surface area contributed by atoms with Crippen molar-refractivity contribution in [3.8, 4) is 5.75 Å². The molecule has 1 fully saturated rings. The molecular formula is C20H23ClFNO. The smallest absolute Gasteiger partial charge is 0.131 e. The van der Waals surface area contributed by atoms with Crippen LogP contribution in [0.5, 0.6) is 5.75 Å². The fourth-order valence-electron chi connectivity index (χ4n) is 3.10. The minimum Gasteiger partial charge on any atom is -0.489 e. The summed E-state index contributed by atoms with van der Waals surface area (Å²) in [5, 5.41) is 4.01. The van der Waals surface area contributed by atoms with Crippen LogP contribution in [0.4, 0.5) is 4.39 Å². The number of ether oxygens (including phenoxy) is 1. The average Bonchev–Trinajstić information content (AvgIpc) is 2.61. The van der Waals surface area contributed by atoms with Gasteiger partial charge in [0.15, 0.2) is 0 Å². The zero-order valence-electron chi connectivity index (χ0n) is 13.7. The van der Waals surface area contributed by atoms with Crippen molar-refractivity contribution in [3.63, 3.8) is 0 Å². The molecule has 1 aliphatic carbocycles. The molecule has 0 saturated heterocycles. The van der Waals surface area contributed by atoms with Crippen molar-refractivity contribution in [1.82, 2.24) is 5.32 Å². The number of hydrogen-bond donors (Lipinski definition) is 1. The third-order valence-electron chi connectivity index (χ3n) is 4.57. The highest BCUT2D eigenvalue weighted by Gasteiger charge is 2.12. The molecule has 128 valence electrons. The summed E-state index contributed by atoms with van der Waals surface area (Å²) in [5.74, 6) is 0.381. The summed E-state index contributed by atoms with van der Waals surface area (Å²) in [6.45, 7) is 1.01. The summed E-state index contributed by atoms with van der Waals surface area (Å²) in [7, 11) is 0. The van der Waals surface area contributed by atoms with E-state index in [-0.39, 0.29) is 12.4 Å². The van der Waals surface area contributed by atoms with Gasteiger partial charge in [0.1, 0.15) is 18.2 Å². The summed E-state index contributed by atoms with van der Waals surface area (Å²) >= 11 is 6.01. The standard InChI is InChI=1S/C20H23ClFNO/c21-19-7-4-8-20(22)18(19)14-24-17-11-9-15(10-12-17)13-23-16-5-2-1-3-6-16/h4,7-12,16,23H,1-3,5-6,13-14H2. The summed E-state index contributed by atoms with van der Waals surface area (Å²) in [5.41, 5.74) is 1.62. The molecule has 0 spiro atoms. The second-order valence-corrected chi connectivity index (χ2v) is 6.76. The minimum absolute atomic E-state index is 0.130. The molecule has 1 saturated carbocycles. The Morgan fingerprint density at radius 3 is 2.50 bits per heavy atom. The minimum atomic E-state index is -0.337. The summed E-state index contributed by atoms with van der Waals surface area (Å²) < 4.78 is 19.4. The summed E-state index contributed by atoms with van der Waals surface area (Å²) in [6.07, 6.45) is 6.61. The molecular weight excluding hydrogens is 325 g/mol. The van der Waals surface area contributed by atoms with E-state index >= 15 is 0 Å². The van der Waals surface area contributed by atoms with Gasteiger partial charge in [0, 0.05) is 18.2 Å². The molecule has 1 aliphatic rings. The van der Waals surface area contributed by atoms with Gasteiger partial charge >= 0.3 is 0 Å². The molecule has 0 atom stereocenters. The van der Waals surface area contributed by atoms with Gasteiger partial charge in [-0.1, -0.05) is 49.1 Å². The van der Waals surface area contributed by atoms with E-state index in [1.165, 1.54) is 43.7 Å². The molecule has 2 aromatic carbocycles. The van der Waals surface area contributed by atoms with Gasteiger partial charge in [-0.2, -0.15) is 0 Å². The lowest BCUT2D eigenvalue weighted by Gasteiger charge is -2.22. The number of nitrogens with one attached hydrogen (secondary N) is 1. The first kappa shape index (κ1) is 17.2. The van der Waals surface area contributed by atoms with Gasteiger partial charge in [-0.3, -0.25) is 0 Å². The van der Waals surface area contributed by atoms with Crippen LogP contribution in [0.15, 0.2) is 42.5 Å². The van der Waals surface area contributed by atoms with E-state index in [0.717, 1.165) is 12.3 Å². The second kappa shape index (κ2) is 8.50. The highest BCUT2D eigenvalue weighted by molar-refractivity contribution is 6.31. The van der Waals surface area contributed by atoms with Crippen molar-refractivity contribution in [1.29, 1.82) is 0 Å². The van der Waals surface area contributed by atoms with Crippen LogP contribution < -0.4 is 10.1 Å². The molecule has 0 aromatic heterocycles. The molecule has 2 aromatic rings. The molecule has 3 rings (SSSR count). The lowest BCUT2D eigenvalue weighted by molar-refractivity contribution is 0.300. The maximum absolute atomic E-state index is 13.7. The Bertz CT molecular complexity index is 633. The Morgan fingerprint density at radius 2 is 1.79 bits per heavy atom. The lowest BCUT2D eigenvalue weighted by atomic mass is 9.95. The van der Waals surface area contributed by atoms with Gasteiger partial charge in [0.05, 0.1) is 5.02 Å². The van der Waals surface area contributed by atoms with Crippen molar-refractivity contribution >= 4 is 11.6 Å². The third kappa shape index (κ3) is 4.71. The van der Waals surface area contributed by atoms with E-state index in [2.05, 4.69) is 5.32 Å². The van der Waals surface area contributed by atoms with Gasteiger partial charge in [-0.05, 0) is 42.7 Å². The first-order chi connectivity index (χ1) is 11.7. The maximum Gasteiger partial charge on any atom is 0.131 e. The van der Waals surface area contributed by atoms with Crippen molar-refractivity contribution in [3.05, 3.63) is 64.4 Å². The molecule has 4 heteroatoms. The van der Waals surface area contributed by atoms with Crippen LogP contribution in [0.2, 0.25) is 5.02 Å². The van der Waals surface area contributed by atoms with E-state index in [1.807, 2.05) is 24.3 Å². The summed E-state index contributed by atoms with van der Waals surface area (Å²) in [6, 6.07) is 13.3. The Morgan fingerprint density at radius 1 is 1.04 bits per heavy atom. The Hall–Kier alpha value is -1.58. The topological polar surface area (TPSA) is 21.3 Å². The fourth-order valence-corrected chi connectivity index (χ4v) is 3.32. The molecule has 0 radical (unpaired) electrons. The lowest BCUT2D eigenvalue weighted by Crippen LogP contribution is -2.30. The third-order valence-corrected chi connectivity index (χ3v) is 4.92. The van der Waals surface area contributed by atoms with E-state index in [1.54, 1.807) is 12.1 Å². The van der Waals surface area contributed by atoms with Crippen LogP contribution in [0.3, 0.4) is 0 Å². The highest BCUT2D eigenvalue weighted by atomic mass is 35.5. The van der Waals surface area contributed by atoms with Crippen LogP contribution in [0.25, 0.3) is 0 Å². The molecule has 2 nitrogen and oxygen atoms in total. The SMILES string of the molecule is Fc1cccc(Cl)c1COc1ccc(CNC2CCCCC2)cc1. The van der Waals surface area contributed by atoms with Gasteiger partial charge in [-0.15, -0.1) is 0 Å². The monoisotopic (exact) mass is 347 g/mol. The molecule has 24 heavy (non-hydrogen) atoms. The van der Waals surface area contributed by atoms with E-state index in [0.29, 0.717) is 16.6 Å². The Balaban J connectivity index is 1.51. The van der Waals surface area contributed by atoms with Gasteiger partial charge in [-0.25, -0.2) is 4.39 Å². The Kier molecular flexibility index (Phi) is 6.11. The highest BCUT2D eigenvalue weighted by Crippen LogP contribution is 2.22. The van der Waals surface area contributed by atoms with E-state index in [9.17, 15) is 4.39 Å². The number of hydrogen-bond acceptors (Lipinski definition) is 2. The van der Waals surface area contributed by atoms with Crippen molar-refractivity contribution in [2.45, 2.75) is 51.3 Å². The van der Waals surface area contributed by atoms with Crippen LogP contribution in [0.1, 0.15) is 43.2 Å². The van der Waals surface area contributed by atoms with Crippen molar-refractivity contribution in [2.24, 2.45) is 0 Å². The van der Waals surface area contributed by atoms with Crippen molar-refractivity contribution in [2.75, 3.05) is 0 Å². The van der Waals surface area contributed by atoms with Crippen molar-refractivity contribution < 1.29 is 9.13 Å². The maximum atomic E-state index is 13.7. The van der Waals surface area contributed by atoms with E-state index in [4.69, 9.17) is 16.3 Å². The van der Waals surface area contributed by atoms with Crippen LogP contribution >= 0.6 is 11.6 Å². The van der Waals surface area contributed by atoms with Gasteiger partial charge < -0.3 is 10.1 Å².